The molecule has 0 radical (unpaired) electrons. The van der Waals surface area contributed by atoms with Gasteiger partial charge in [-0.05, 0) is 54.8 Å². The van der Waals surface area contributed by atoms with Crippen molar-refractivity contribution >= 4 is 15.9 Å². The predicted octanol–water partition coefficient (Wildman–Crippen LogP) is 4.35. The van der Waals surface area contributed by atoms with Crippen molar-refractivity contribution in [1.82, 2.24) is 5.32 Å². The van der Waals surface area contributed by atoms with Crippen molar-refractivity contribution in [2.45, 2.75) is 25.8 Å². The van der Waals surface area contributed by atoms with Crippen molar-refractivity contribution in [3.05, 3.63) is 69.9 Å². The summed E-state index contributed by atoms with van der Waals surface area (Å²) in [6.07, 6.45) is 1.78. The smallest absolute Gasteiger partial charge is 0.123 e. The fourth-order valence-electron chi connectivity index (χ4n) is 2.36. The van der Waals surface area contributed by atoms with E-state index in [1.54, 1.807) is 12.1 Å². The summed E-state index contributed by atoms with van der Waals surface area (Å²) in [4.78, 5) is 0. The van der Waals surface area contributed by atoms with Crippen molar-refractivity contribution < 1.29 is 4.39 Å². The standard InChI is InChI=1S/C17H19BrFN/c1-2-20-17(11-13-6-8-15(18)9-7-13)12-14-4-3-5-16(19)10-14/h3-10,17,20H,2,11-12H2,1H3. The van der Waals surface area contributed by atoms with E-state index in [2.05, 4.69) is 52.4 Å². The molecular formula is C17H19BrFN. The lowest BCUT2D eigenvalue weighted by molar-refractivity contribution is 0.519. The van der Waals surface area contributed by atoms with Gasteiger partial charge in [0.15, 0.2) is 0 Å². The maximum absolute atomic E-state index is 13.2. The van der Waals surface area contributed by atoms with Gasteiger partial charge in [0, 0.05) is 10.5 Å². The molecule has 0 aliphatic rings. The Balaban J connectivity index is 2.05. The van der Waals surface area contributed by atoms with Gasteiger partial charge in [-0.2, -0.15) is 0 Å². The molecule has 106 valence electrons. The minimum Gasteiger partial charge on any atom is -0.314 e. The number of halogens is 2. The first-order chi connectivity index (χ1) is 9.67. The number of rotatable bonds is 6. The van der Waals surface area contributed by atoms with Gasteiger partial charge >= 0.3 is 0 Å². The molecule has 0 fully saturated rings. The van der Waals surface area contributed by atoms with Crippen molar-refractivity contribution in [3.8, 4) is 0 Å². The maximum atomic E-state index is 13.2. The summed E-state index contributed by atoms with van der Waals surface area (Å²) < 4.78 is 14.3. The Bertz CT molecular complexity index is 539. The van der Waals surface area contributed by atoms with Crippen LogP contribution in [0.3, 0.4) is 0 Å². The first-order valence-electron chi connectivity index (χ1n) is 6.89. The second-order valence-electron chi connectivity index (χ2n) is 4.92. The molecule has 0 amide bonds. The molecule has 0 aromatic heterocycles. The van der Waals surface area contributed by atoms with E-state index in [0.29, 0.717) is 6.04 Å². The summed E-state index contributed by atoms with van der Waals surface area (Å²) in [5.41, 5.74) is 2.32. The summed E-state index contributed by atoms with van der Waals surface area (Å²) in [7, 11) is 0. The number of nitrogens with one attached hydrogen (secondary N) is 1. The molecule has 0 saturated carbocycles. The van der Waals surface area contributed by atoms with Gasteiger partial charge in [0.2, 0.25) is 0 Å². The van der Waals surface area contributed by atoms with Crippen LogP contribution in [0, 0.1) is 5.82 Å². The predicted molar refractivity (Wildman–Crippen MR) is 85.4 cm³/mol. The molecule has 0 heterocycles. The molecule has 0 bridgehead atoms. The number of likely N-dealkylation sites (N-methyl/N-ethyl adjacent to an activating group) is 1. The van der Waals surface area contributed by atoms with Crippen LogP contribution in [-0.2, 0) is 12.8 Å². The van der Waals surface area contributed by atoms with Crippen LogP contribution in [0.5, 0.6) is 0 Å². The molecule has 20 heavy (non-hydrogen) atoms. The van der Waals surface area contributed by atoms with Gasteiger partial charge in [0.25, 0.3) is 0 Å². The summed E-state index contributed by atoms with van der Waals surface area (Å²) in [6.45, 7) is 3.01. The number of hydrogen-bond acceptors (Lipinski definition) is 1. The summed E-state index contributed by atoms with van der Waals surface area (Å²) in [6, 6.07) is 15.5. The maximum Gasteiger partial charge on any atom is 0.123 e. The molecule has 0 saturated heterocycles. The van der Waals surface area contributed by atoms with Crippen molar-refractivity contribution in [3.63, 3.8) is 0 Å². The minimum absolute atomic E-state index is 0.165. The number of hydrogen-bond donors (Lipinski definition) is 1. The summed E-state index contributed by atoms with van der Waals surface area (Å²) in [5.74, 6) is -0.165. The Morgan fingerprint density at radius 3 is 2.40 bits per heavy atom. The van der Waals surface area contributed by atoms with Crippen LogP contribution in [0.2, 0.25) is 0 Å². The highest BCUT2D eigenvalue weighted by Gasteiger charge is 2.10. The molecule has 1 atom stereocenters. The zero-order chi connectivity index (χ0) is 14.4. The van der Waals surface area contributed by atoms with Crippen LogP contribution < -0.4 is 5.32 Å². The second kappa shape index (κ2) is 7.55. The van der Waals surface area contributed by atoms with Crippen molar-refractivity contribution in [2.75, 3.05) is 6.54 Å². The second-order valence-corrected chi connectivity index (χ2v) is 5.83. The third-order valence-corrected chi connectivity index (χ3v) is 3.79. The Morgan fingerprint density at radius 1 is 1.05 bits per heavy atom. The van der Waals surface area contributed by atoms with Crippen LogP contribution in [-0.4, -0.2) is 12.6 Å². The van der Waals surface area contributed by atoms with Gasteiger partial charge in [-0.25, -0.2) is 4.39 Å². The number of benzene rings is 2. The van der Waals surface area contributed by atoms with Gasteiger partial charge in [-0.15, -0.1) is 0 Å². The first kappa shape index (κ1) is 15.2. The van der Waals surface area contributed by atoms with Crippen molar-refractivity contribution in [1.29, 1.82) is 0 Å². The van der Waals surface area contributed by atoms with Gasteiger partial charge in [-0.3, -0.25) is 0 Å². The molecule has 2 aromatic carbocycles. The Labute approximate surface area is 128 Å². The quantitative estimate of drug-likeness (QED) is 0.827. The van der Waals surface area contributed by atoms with Gasteiger partial charge < -0.3 is 5.32 Å². The fourth-order valence-corrected chi connectivity index (χ4v) is 2.62. The van der Waals surface area contributed by atoms with E-state index in [4.69, 9.17) is 0 Å². The van der Waals surface area contributed by atoms with Gasteiger partial charge in [-0.1, -0.05) is 47.1 Å². The average molecular weight is 336 g/mol. The van der Waals surface area contributed by atoms with Crippen molar-refractivity contribution in [2.24, 2.45) is 0 Å². The summed E-state index contributed by atoms with van der Waals surface area (Å²) in [5, 5.41) is 3.48. The molecule has 2 rings (SSSR count). The Hall–Kier alpha value is -1.19. The van der Waals surface area contributed by atoms with Gasteiger partial charge in [0.1, 0.15) is 5.82 Å². The Morgan fingerprint density at radius 2 is 1.75 bits per heavy atom. The zero-order valence-corrected chi connectivity index (χ0v) is 13.2. The van der Waals surface area contributed by atoms with Crippen LogP contribution in [0.1, 0.15) is 18.1 Å². The van der Waals surface area contributed by atoms with E-state index in [1.807, 2.05) is 6.07 Å². The lowest BCUT2D eigenvalue weighted by Gasteiger charge is -2.18. The van der Waals surface area contributed by atoms with E-state index < -0.39 is 0 Å². The minimum atomic E-state index is -0.165. The lowest BCUT2D eigenvalue weighted by Crippen LogP contribution is -2.33. The van der Waals surface area contributed by atoms with E-state index >= 15 is 0 Å². The van der Waals surface area contributed by atoms with E-state index in [-0.39, 0.29) is 5.82 Å². The SMILES string of the molecule is CCNC(Cc1ccc(Br)cc1)Cc1cccc(F)c1. The third kappa shape index (κ3) is 4.73. The first-order valence-corrected chi connectivity index (χ1v) is 7.69. The Kier molecular flexibility index (Phi) is 5.74. The fraction of sp³-hybridized carbons (Fsp3) is 0.294. The van der Waals surface area contributed by atoms with Crippen LogP contribution in [0.15, 0.2) is 53.0 Å². The van der Waals surface area contributed by atoms with E-state index in [0.717, 1.165) is 29.4 Å². The average Bonchev–Trinajstić information content (AvgIpc) is 2.42. The summed E-state index contributed by atoms with van der Waals surface area (Å²) >= 11 is 3.45. The largest absolute Gasteiger partial charge is 0.314 e. The monoisotopic (exact) mass is 335 g/mol. The highest BCUT2D eigenvalue weighted by atomic mass is 79.9. The van der Waals surface area contributed by atoms with E-state index in [9.17, 15) is 4.39 Å². The van der Waals surface area contributed by atoms with Crippen LogP contribution in [0.25, 0.3) is 0 Å². The molecule has 2 aromatic rings. The molecule has 0 aliphatic carbocycles. The molecule has 3 heteroatoms. The topological polar surface area (TPSA) is 12.0 Å². The molecule has 1 unspecified atom stereocenters. The zero-order valence-electron chi connectivity index (χ0n) is 11.6. The van der Waals surface area contributed by atoms with E-state index in [1.165, 1.54) is 11.6 Å². The molecule has 0 spiro atoms. The normalized spacial score (nSPS) is 12.3. The van der Waals surface area contributed by atoms with Crippen LogP contribution in [0.4, 0.5) is 4.39 Å². The molecular weight excluding hydrogens is 317 g/mol. The third-order valence-electron chi connectivity index (χ3n) is 3.26. The van der Waals surface area contributed by atoms with Gasteiger partial charge in [0.05, 0.1) is 0 Å². The molecule has 0 aliphatic heterocycles. The van der Waals surface area contributed by atoms with Crippen LogP contribution >= 0.6 is 15.9 Å². The lowest BCUT2D eigenvalue weighted by atomic mass is 9.99. The highest BCUT2D eigenvalue weighted by molar-refractivity contribution is 9.10. The highest BCUT2D eigenvalue weighted by Crippen LogP contribution is 2.14. The molecule has 1 nitrogen and oxygen atoms in total. The molecule has 1 N–H and O–H groups in total.